The third-order valence-corrected chi connectivity index (χ3v) is 3.58. The summed E-state index contributed by atoms with van der Waals surface area (Å²) >= 11 is 0. The van der Waals surface area contributed by atoms with Crippen molar-refractivity contribution in [2.24, 2.45) is 0 Å². The van der Waals surface area contributed by atoms with Gasteiger partial charge in [0.15, 0.2) is 0 Å². The molecule has 1 N–H and O–H groups in total. The van der Waals surface area contributed by atoms with Crippen LogP contribution >= 0.6 is 0 Å². The highest BCUT2D eigenvalue weighted by Gasteiger charge is 2.10. The van der Waals surface area contributed by atoms with Gasteiger partial charge < -0.3 is 14.6 Å². The van der Waals surface area contributed by atoms with Crippen molar-refractivity contribution in [1.82, 2.24) is 9.88 Å². The number of ether oxygens (including phenoxy) is 1. The number of nitrogens with one attached hydrogen (secondary N) is 1. The lowest BCUT2D eigenvalue weighted by Gasteiger charge is -2.18. The average molecular weight is 272 g/mol. The van der Waals surface area contributed by atoms with Crippen LogP contribution in [0, 0.1) is 0 Å². The van der Waals surface area contributed by atoms with Crippen LogP contribution in [0.4, 0.5) is 0 Å². The van der Waals surface area contributed by atoms with Crippen LogP contribution in [0.3, 0.4) is 0 Å². The Morgan fingerprint density at radius 2 is 2.00 bits per heavy atom. The van der Waals surface area contributed by atoms with E-state index in [0.29, 0.717) is 0 Å². The molecule has 0 fully saturated rings. The molecule has 0 bridgehead atoms. The largest absolute Gasteiger partial charge is 0.496 e. The molecule has 3 heteroatoms. The minimum Gasteiger partial charge on any atom is -0.496 e. The minimum atomic E-state index is 0.260. The van der Waals surface area contributed by atoms with Crippen LogP contribution in [0.15, 0.2) is 42.6 Å². The Hall–Kier alpha value is -1.74. The molecule has 1 heterocycles. The van der Waals surface area contributed by atoms with Gasteiger partial charge in [-0.25, -0.2) is 0 Å². The Bertz CT molecular complexity index is 533. The van der Waals surface area contributed by atoms with Gasteiger partial charge >= 0.3 is 0 Å². The molecular formula is C17H24N2O. The van der Waals surface area contributed by atoms with Crippen LogP contribution < -0.4 is 10.1 Å². The van der Waals surface area contributed by atoms with Crippen LogP contribution in [0.2, 0.25) is 0 Å². The van der Waals surface area contributed by atoms with E-state index in [0.717, 1.165) is 25.3 Å². The van der Waals surface area contributed by atoms with E-state index in [1.54, 1.807) is 7.11 Å². The molecule has 108 valence electrons. The van der Waals surface area contributed by atoms with Crippen LogP contribution in [0.25, 0.3) is 0 Å². The molecule has 0 saturated carbocycles. The Morgan fingerprint density at radius 1 is 1.20 bits per heavy atom. The van der Waals surface area contributed by atoms with Gasteiger partial charge in [0.2, 0.25) is 0 Å². The number of rotatable bonds is 7. The third-order valence-electron chi connectivity index (χ3n) is 3.58. The maximum absolute atomic E-state index is 5.42. The zero-order chi connectivity index (χ0) is 14.4. The molecule has 0 amide bonds. The summed E-state index contributed by atoms with van der Waals surface area (Å²) in [5.74, 6) is 0.941. The van der Waals surface area contributed by atoms with Crippen molar-refractivity contribution in [3.63, 3.8) is 0 Å². The van der Waals surface area contributed by atoms with Crippen LogP contribution in [0.1, 0.15) is 37.6 Å². The highest BCUT2D eigenvalue weighted by Crippen LogP contribution is 2.24. The summed E-state index contributed by atoms with van der Waals surface area (Å²) in [6, 6.07) is 12.7. The summed E-state index contributed by atoms with van der Waals surface area (Å²) in [5, 5.41) is 3.57. The van der Waals surface area contributed by atoms with Crippen molar-refractivity contribution in [2.45, 2.75) is 39.4 Å². The topological polar surface area (TPSA) is 26.2 Å². The van der Waals surface area contributed by atoms with Gasteiger partial charge in [-0.15, -0.1) is 0 Å². The van der Waals surface area contributed by atoms with Gasteiger partial charge in [0.05, 0.1) is 7.11 Å². The highest BCUT2D eigenvalue weighted by molar-refractivity contribution is 5.35. The number of aryl methyl sites for hydroxylation is 1. The maximum Gasteiger partial charge on any atom is 0.123 e. The number of para-hydroxylation sites is 1. The normalized spacial score (nSPS) is 12.3. The summed E-state index contributed by atoms with van der Waals surface area (Å²) in [7, 11) is 1.72. The molecule has 1 atom stereocenters. The fourth-order valence-electron chi connectivity index (χ4n) is 2.46. The number of nitrogens with zero attached hydrogens (tertiary/aromatic N) is 1. The zero-order valence-corrected chi connectivity index (χ0v) is 12.6. The van der Waals surface area contributed by atoms with Gasteiger partial charge in [-0.3, -0.25) is 0 Å². The number of methoxy groups -OCH3 is 1. The lowest BCUT2D eigenvalue weighted by atomic mass is 10.1. The molecule has 0 spiro atoms. The monoisotopic (exact) mass is 272 g/mol. The summed E-state index contributed by atoms with van der Waals surface area (Å²) in [5.41, 5.74) is 2.53. The first-order valence-electron chi connectivity index (χ1n) is 7.26. The van der Waals surface area contributed by atoms with Crippen molar-refractivity contribution >= 4 is 0 Å². The second-order valence-corrected chi connectivity index (χ2v) is 5.04. The summed E-state index contributed by atoms with van der Waals surface area (Å²) < 4.78 is 7.73. The summed E-state index contributed by atoms with van der Waals surface area (Å²) in [6.07, 6.45) is 3.30. The first kappa shape index (κ1) is 14.7. The summed E-state index contributed by atoms with van der Waals surface area (Å²) in [6.45, 7) is 6.32. The first-order valence-corrected chi connectivity index (χ1v) is 7.26. The number of aromatic nitrogens is 1. The van der Waals surface area contributed by atoms with Crippen molar-refractivity contribution in [3.05, 3.63) is 53.9 Å². The van der Waals surface area contributed by atoms with Crippen molar-refractivity contribution in [1.29, 1.82) is 0 Å². The highest BCUT2D eigenvalue weighted by atomic mass is 16.5. The van der Waals surface area contributed by atoms with Crippen LogP contribution in [-0.2, 0) is 13.1 Å². The number of benzene rings is 1. The second-order valence-electron chi connectivity index (χ2n) is 5.04. The van der Waals surface area contributed by atoms with E-state index in [2.05, 4.69) is 54.2 Å². The fraction of sp³-hybridized carbons (Fsp3) is 0.412. The smallest absolute Gasteiger partial charge is 0.123 e. The number of hydrogen-bond donors (Lipinski definition) is 1. The Kier molecular flexibility index (Phi) is 5.24. The molecule has 0 saturated heterocycles. The van der Waals surface area contributed by atoms with E-state index >= 15 is 0 Å². The van der Waals surface area contributed by atoms with E-state index in [4.69, 9.17) is 4.74 Å². The van der Waals surface area contributed by atoms with Crippen molar-refractivity contribution in [3.8, 4) is 5.75 Å². The molecule has 1 aromatic carbocycles. The Labute approximate surface area is 121 Å². The van der Waals surface area contributed by atoms with Gasteiger partial charge in [0.1, 0.15) is 5.75 Å². The lowest BCUT2D eigenvalue weighted by molar-refractivity contribution is 0.401. The molecule has 1 aromatic heterocycles. The molecule has 0 radical (unpaired) electrons. The van der Waals surface area contributed by atoms with E-state index in [1.807, 2.05) is 12.1 Å². The Balaban J connectivity index is 2.01. The van der Waals surface area contributed by atoms with Gasteiger partial charge in [0, 0.05) is 36.6 Å². The van der Waals surface area contributed by atoms with Crippen molar-refractivity contribution < 1.29 is 4.74 Å². The average Bonchev–Trinajstić information content (AvgIpc) is 2.92. The number of hydrogen-bond acceptors (Lipinski definition) is 2. The zero-order valence-electron chi connectivity index (χ0n) is 12.6. The second kappa shape index (κ2) is 7.15. The summed E-state index contributed by atoms with van der Waals surface area (Å²) in [4.78, 5) is 0. The van der Waals surface area contributed by atoms with Crippen molar-refractivity contribution in [2.75, 3.05) is 7.11 Å². The maximum atomic E-state index is 5.42. The van der Waals surface area contributed by atoms with E-state index < -0.39 is 0 Å². The lowest BCUT2D eigenvalue weighted by Crippen LogP contribution is -2.20. The van der Waals surface area contributed by atoms with Gasteiger partial charge in [0.25, 0.3) is 0 Å². The molecule has 0 aliphatic rings. The molecule has 2 aromatic rings. The molecule has 20 heavy (non-hydrogen) atoms. The predicted octanol–water partition coefficient (Wildman–Crippen LogP) is 3.76. The first-order chi connectivity index (χ1) is 9.76. The molecule has 3 nitrogen and oxygen atoms in total. The van der Waals surface area contributed by atoms with E-state index in [9.17, 15) is 0 Å². The van der Waals surface area contributed by atoms with Gasteiger partial charge in [-0.2, -0.15) is 0 Å². The molecule has 0 aliphatic heterocycles. The quantitative estimate of drug-likeness (QED) is 0.830. The Morgan fingerprint density at radius 3 is 2.75 bits per heavy atom. The van der Waals surface area contributed by atoms with Crippen LogP contribution in [-0.4, -0.2) is 11.7 Å². The molecule has 2 rings (SSSR count). The molecular weight excluding hydrogens is 248 g/mol. The molecule has 0 aliphatic carbocycles. The van der Waals surface area contributed by atoms with E-state index in [-0.39, 0.29) is 6.04 Å². The predicted molar refractivity (Wildman–Crippen MR) is 83.0 cm³/mol. The van der Waals surface area contributed by atoms with Gasteiger partial charge in [-0.1, -0.05) is 25.1 Å². The fourth-order valence-corrected chi connectivity index (χ4v) is 2.46. The SMILES string of the molecule is CCCn1cccc1CN[C@@H](C)c1ccccc1OC. The standard InChI is InChI=1S/C17H24N2O/c1-4-11-19-12-7-8-15(19)13-18-14(2)16-9-5-6-10-17(16)20-3/h5-10,12,14,18H,4,11,13H2,1-3H3/t14-/m0/s1. The van der Waals surface area contributed by atoms with Gasteiger partial charge in [-0.05, 0) is 31.5 Å². The van der Waals surface area contributed by atoms with Crippen LogP contribution in [0.5, 0.6) is 5.75 Å². The third kappa shape index (κ3) is 3.42. The minimum absolute atomic E-state index is 0.260. The molecule has 0 unspecified atom stereocenters. The van der Waals surface area contributed by atoms with E-state index in [1.165, 1.54) is 11.3 Å².